The van der Waals surface area contributed by atoms with Gasteiger partial charge in [-0.2, -0.15) is 0 Å². The molecule has 0 saturated carbocycles. The summed E-state index contributed by atoms with van der Waals surface area (Å²) in [6.07, 6.45) is 28.6. The Kier molecular flexibility index (Phi) is 22.0. The van der Waals surface area contributed by atoms with Gasteiger partial charge < -0.3 is 5.73 Å². The molecule has 25 heavy (non-hydrogen) atoms. The van der Waals surface area contributed by atoms with Crippen molar-refractivity contribution in [1.29, 1.82) is 0 Å². The molecule has 152 valence electrons. The SMILES string of the molecule is CCCCCCCCCCCCCCCCC(CN)CCCCCC. The van der Waals surface area contributed by atoms with E-state index >= 15 is 0 Å². The van der Waals surface area contributed by atoms with E-state index in [4.69, 9.17) is 5.73 Å². The lowest BCUT2D eigenvalue weighted by Crippen LogP contribution is -2.14. The molecular formula is C24H51N. The molecule has 0 spiro atoms. The van der Waals surface area contributed by atoms with Gasteiger partial charge in [0.2, 0.25) is 0 Å². The highest BCUT2D eigenvalue weighted by molar-refractivity contribution is 4.61. The summed E-state index contributed by atoms with van der Waals surface area (Å²) in [5.41, 5.74) is 5.94. The molecule has 0 fully saturated rings. The zero-order chi connectivity index (χ0) is 18.4. The third kappa shape index (κ3) is 20.1. The van der Waals surface area contributed by atoms with Crippen molar-refractivity contribution >= 4 is 0 Å². The monoisotopic (exact) mass is 353 g/mol. The third-order valence-corrected chi connectivity index (χ3v) is 5.77. The molecular weight excluding hydrogens is 302 g/mol. The van der Waals surface area contributed by atoms with Crippen LogP contribution < -0.4 is 5.73 Å². The summed E-state index contributed by atoms with van der Waals surface area (Å²) in [6, 6.07) is 0. The minimum absolute atomic E-state index is 0.800. The zero-order valence-corrected chi connectivity index (χ0v) is 18.0. The standard InChI is InChI=1S/C24H51N/c1-3-5-7-9-10-11-12-13-14-15-16-17-18-20-22-24(23-25)21-19-8-6-4-2/h24H,3-23,25H2,1-2H3. The summed E-state index contributed by atoms with van der Waals surface area (Å²) in [5, 5.41) is 0. The number of unbranched alkanes of at least 4 members (excludes halogenated alkanes) is 16. The topological polar surface area (TPSA) is 26.0 Å². The molecule has 0 aliphatic heterocycles. The first kappa shape index (κ1) is 25.0. The van der Waals surface area contributed by atoms with E-state index in [0.717, 1.165) is 12.5 Å². The summed E-state index contributed by atoms with van der Waals surface area (Å²) < 4.78 is 0. The average molecular weight is 354 g/mol. The Balaban J connectivity index is 3.19. The van der Waals surface area contributed by atoms with E-state index in [1.165, 1.54) is 128 Å². The van der Waals surface area contributed by atoms with Crippen LogP contribution in [0.1, 0.15) is 142 Å². The largest absolute Gasteiger partial charge is 0.330 e. The van der Waals surface area contributed by atoms with Crippen LogP contribution in [-0.2, 0) is 0 Å². The Labute approximate surface area is 160 Å². The zero-order valence-electron chi connectivity index (χ0n) is 18.0. The van der Waals surface area contributed by atoms with E-state index in [2.05, 4.69) is 13.8 Å². The van der Waals surface area contributed by atoms with Crippen LogP contribution in [0.2, 0.25) is 0 Å². The highest BCUT2D eigenvalue weighted by Crippen LogP contribution is 2.18. The van der Waals surface area contributed by atoms with Crippen LogP contribution in [0.15, 0.2) is 0 Å². The number of nitrogens with two attached hydrogens (primary N) is 1. The fourth-order valence-corrected chi connectivity index (χ4v) is 3.87. The van der Waals surface area contributed by atoms with Gasteiger partial charge in [-0.1, -0.05) is 129 Å². The maximum atomic E-state index is 5.94. The minimum Gasteiger partial charge on any atom is -0.330 e. The molecule has 0 aromatic rings. The summed E-state index contributed by atoms with van der Waals surface area (Å²) in [4.78, 5) is 0. The van der Waals surface area contributed by atoms with Gasteiger partial charge in [-0.3, -0.25) is 0 Å². The highest BCUT2D eigenvalue weighted by Gasteiger charge is 2.05. The predicted octanol–water partition coefficient (Wildman–Crippen LogP) is 8.40. The Morgan fingerprint density at radius 2 is 0.720 bits per heavy atom. The number of hydrogen-bond acceptors (Lipinski definition) is 1. The van der Waals surface area contributed by atoms with E-state index in [9.17, 15) is 0 Å². The van der Waals surface area contributed by atoms with Crippen molar-refractivity contribution in [3.05, 3.63) is 0 Å². The first-order valence-corrected chi connectivity index (χ1v) is 12.0. The predicted molar refractivity (Wildman–Crippen MR) is 116 cm³/mol. The van der Waals surface area contributed by atoms with Crippen molar-refractivity contribution in [2.75, 3.05) is 6.54 Å². The van der Waals surface area contributed by atoms with Crippen molar-refractivity contribution < 1.29 is 0 Å². The van der Waals surface area contributed by atoms with Gasteiger partial charge in [0.25, 0.3) is 0 Å². The van der Waals surface area contributed by atoms with Crippen molar-refractivity contribution in [2.24, 2.45) is 11.7 Å². The van der Waals surface area contributed by atoms with Crippen molar-refractivity contribution in [3.63, 3.8) is 0 Å². The van der Waals surface area contributed by atoms with Gasteiger partial charge in [-0.05, 0) is 25.3 Å². The Morgan fingerprint density at radius 3 is 1.04 bits per heavy atom. The van der Waals surface area contributed by atoms with Gasteiger partial charge in [-0.25, -0.2) is 0 Å². The lowest BCUT2D eigenvalue weighted by Gasteiger charge is -2.14. The van der Waals surface area contributed by atoms with Crippen LogP contribution in [0.25, 0.3) is 0 Å². The van der Waals surface area contributed by atoms with Gasteiger partial charge in [-0.15, -0.1) is 0 Å². The van der Waals surface area contributed by atoms with E-state index in [1.54, 1.807) is 0 Å². The highest BCUT2D eigenvalue weighted by atomic mass is 14.5. The fourth-order valence-electron chi connectivity index (χ4n) is 3.87. The molecule has 0 aromatic carbocycles. The quantitative estimate of drug-likeness (QED) is 0.206. The van der Waals surface area contributed by atoms with Crippen LogP contribution in [0, 0.1) is 5.92 Å². The normalized spacial score (nSPS) is 12.6. The van der Waals surface area contributed by atoms with E-state index < -0.39 is 0 Å². The number of hydrogen-bond donors (Lipinski definition) is 1. The second kappa shape index (κ2) is 22.0. The maximum Gasteiger partial charge on any atom is -0.00489 e. The number of rotatable bonds is 21. The first-order chi connectivity index (χ1) is 12.3. The first-order valence-electron chi connectivity index (χ1n) is 12.0. The summed E-state index contributed by atoms with van der Waals surface area (Å²) in [7, 11) is 0. The molecule has 0 rings (SSSR count). The summed E-state index contributed by atoms with van der Waals surface area (Å²) >= 11 is 0. The molecule has 0 heterocycles. The molecule has 1 nitrogen and oxygen atoms in total. The molecule has 1 atom stereocenters. The van der Waals surface area contributed by atoms with Gasteiger partial charge in [0.05, 0.1) is 0 Å². The molecule has 0 aromatic heterocycles. The van der Waals surface area contributed by atoms with Crippen molar-refractivity contribution in [3.8, 4) is 0 Å². The van der Waals surface area contributed by atoms with Crippen LogP contribution in [0.4, 0.5) is 0 Å². The molecule has 0 saturated heterocycles. The van der Waals surface area contributed by atoms with Crippen LogP contribution >= 0.6 is 0 Å². The van der Waals surface area contributed by atoms with Gasteiger partial charge >= 0.3 is 0 Å². The lowest BCUT2D eigenvalue weighted by molar-refractivity contribution is 0.411. The van der Waals surface area contributed by atoms with Crippen molar-refractivity contribution in [2.45, 2.75) is 142 Å². The Morgan fingerprint density at radius 1 is 0.440 bits per heavy atom. The smallest absolute Gasteiger partial charge is 0.00489 e. The Bertz CT molecular complexity index is 226. The molecule has 0 amide bonds. The van der Waals surface area contributed by atoms with Crippen LogP contribution in [-0.4, -0.2) is 6.54 Å². The summed E-state index contributed by atoms with van der Waals surface area (Å²) in [6.45, 7) is 5.49. The Hall–Kier alpha value is -0.0400. The van der Waals surface area contributed by atoms with Crippen LogP contribution in [0.3, 0.4) is 0 Å². The molecule has 1 unspecified atom stereocenters. The second-order valence-electron chi connectivity index (χ2n) is 8.34. The van der Waals surface area contributed by atoms with Gasteiger partial charge in [0, 0.05) is 0 Å². The fraction of sp³-hybridized carbons (Fsp3) is 1.00. The lowest BCUT2D eigenvalue weighted by atomic mass is 9.94. The van der Waals surface area contributed by atoms with Crippen LogP contribution in [0.5, 0.6) is 0 Å². The molecule has 0 aliphatic carbocycles. The second-order valence-corrected chi connectivity index (χ2v) is 8.34. The van der Waals surface area contributed by atoms with Gasteiger partial charge in [0.15, 0.2) is 0 Å². The van der Waals surface area contributed by atoms with E-state index in [1.807, 2.05) is 0 Å². The molecule has 0 radical (unpaired) electrons. The van der Waals surface area contributed by atoms with E-state index in [0.29, 0.717) is 0 Å². The summed E-state index contributed by atoms with van der Waals surface area (Å²) in [5.74, 6) is 0.800. The van der Waals surface area contributed by atoms with Gasteiger partial charge in [0.1, 0.15) is 0 Å². The molecule has 0 bridgehead atoms. The third-order valence-electron chi connectivity index (χ3n) is 5.77. The molecule has 2 N–H and O–H groups in total. The molecule has 1 heteroatoms. The minimum atomic E-state index is 0.800. The maximum absolute atomic E-state index is 5.94. The average Bonchev–Trinajstić information content (AvgIpc) is 2.63. The van der Waals surface area contributed by atoms with Crippen molar-refractivity contribution in [1.82, 2.24) is 0 Å². The van der Waals surface area contributed by atoms with E-state index in [-0.39, 0.29) is 0 Å². The molecule has 0 aliphatic rings.